The van der Waals surface area contributed by atoms with Crippen molar-refractivity contribution in [2.24, 2.45) is 0 Å². The number of hydrogen-bond donors (Lipinski definition) is 0. The van der Waals surface area contributed by atoms with E-state index in [0.29, 0.717) is 22.9 Å². The third kappa shape index (κ3) is 4.01. The summed E-state index contributed by atoms with van der Waals surface area (Å²) in [6.07, 6.45) is 1.55. The van der Waals surface area contributed by atoms with Gasteiger partial charge >= 0.3 is 0 Å². The van der Waals surface area contributed by atoms with E-state index in [1.54, 1.807) is 37.0 Å². The summed E-state index contributed by atoms with van der Waals surface area (Å²) in [6.45, 7) is 4.46. The Hall–Kier alpha value is -2.87. The van der Waals surface area contributed by atoms with Gasteiger partial charge in [-0.15, -0.1) is 0 Å². The van der Waals surface area contributed by atoms with Crippen LogP contribution in [0.1, 0.15) is 34.4 Å². The van der Waals surface area contributed by atoms with Gasteiger partial charge in [-0.2, -0.15) is 5.10 Å². The lowest BCUT2D eigenvalue weighted by molar-refractivity contribution is 0.0769. The van der Waals surface area contributed by atoms with Crippen LogP contribution in [0.4, 0.5) is 4.39 Å². The van der Waals surface area contributed by atoms with Crippen molar-refractivity contribution in [2.45, 2.75) is 33.5 Å². The molecule has 0 N–H and O–H groups in total. The topological polar surface area (TPSA) is 73.4 Å². The van der Waals surface area contributed by atoms with Crippen LogP contribution in [0.5, 0.6) is 5.75 Å². The fourth-order valence-electron chi connectivity index (χ4n) is 2.74. The summed E-state index contributed by atoms with van der Waals surface area (Å²) >= 11 is 6.18. The van der Waals surface area contributed by atoms with Crippen LogP contribution in [0.15, 0.2) is 35.0 Å². The molecule has 0 aliphatic carbocycles. The molecule has 0 saturated carbocycles. The number of amides is 1. The Morgan fingerprint density at radius 3 is 2.86 bits per heavy atom. The van der Waals surface area contributed by atoms with Crippen molar-refractivity contribution in [1.29, 1.82) is 0 Å². The summed E-state index contributed by atoms with van der Waals surface area (Å²) in [5.74, 6) is -0.314. The lowest BCUT2D eigenvalue weighted by atomic mass is 10.2. The first kappa shape index (κ1) is 19.9. The minimum Gasteiger partial charge on any atom is -0.486 e. The van der Waals surface area contributed by atoms with Gasteiger partial charge in [-0.05, 0) is 26.0 Å². The minimum absolute atomic E-state index is 0.0428. The summed E-state index contributed by atoms with van der Waals surface area (Å²) < 4.78 is 26.2. The fraction of sp³-hybridized carbons (Fsp3) is 0.316. The van der Waals surface area contributed by atoms with Gasteiger partial charge in [-0.25, -0.2) is 4.39 Å². The molecule has 0 fully saturated rings. The van der Waals surface area contributed by atoms with Crippen LogP contribution in [0.2, 0.25) is 5.02 Å². The Balaban J connectivity index is 1.77. The second kappa shape index (κ2) is 8.43. The van der Waals surface area contributed by atoms with Gasteiger partial charge < -0.3 is 14.2 Å². The zero-order valence-corrected chi connectivity index (χ0v) is 16.5. The molecule has 3 aromatic rings. The van der Waals surface area contributed by atoms with Gasteiger partial charge in [0.2, 0.25) is 0 Å². The van der Waals surface area contributed by atoms with Crippen molar-refractivity contribution in [2.75, 3.05) is 7.05 Å². The zero-order chi connectivity index (χ0) is 20.3. The van der Waals surface area contributed by atoms with Gasteiger partial charge in [0, 0.05) is 13.6 Å². The molecule has 9 heteroatoms. The standard InChI is InChI=1S/C19H20ClFN4O3/c1-4-25-16(14(20)9-22-25)10-24(3)19(26)18-13(12(2)28-23-18)11-27-17-8-6-5-7-15(17)21/h5-9H,4,10-11H2,1-3H3. The molecule has 2 heterocycles. The zero-order valence-electron chi connectivity index (χ0n) is 15.8. The van der Waals surface area contributed by atoms with Crippen LogP contribution >= 0.6 is 11.6 Å². The first-order valence-electron chi connectivity index (χ1n) is 8.70. The van der Waals surface area contributed by atoms with Crippen molar-refractivity contribution >= 4 is 17.5 Å². The number of aromatic nitrogens is 3. The highest BCUT2D eigenvalue weighted by atomic mass is 35.5. The largest absolute Gasteiger partial charge is 0.486 e. The first-order chi connectivity index (χ1) is 13.4. The van der Waals surface area contributed by atoms with Crippen LogP contribution in [0, 0.1) is 12.7 Å². The van der Waals surface area contributed by atoms with Crippen molar-refractivity contribution in [3.8, 4) is 5.75 Å². The molecule has 3 rings (SSSR count). The quantitative estimate of drug-likeness (QED) is 0.596. The van der Waals surface area contributed by atoms with E-state index in [4.69, 9.17) is 20.9 Å². The van der Waals surface area contributed by atoms with E-state index in [1.165, 1.54) is 17.0 Å². The molecule has 148 valence electrons. The molecule has 1 amide bonds. The second-order valence-electron chi connectivity index (χ2n) is 6.20. The Labute approximate surface area is 166 Å². The number of para-hydroxylation sites is 1. The van der Waals surface area contributed by atoms with E-state index < -0.39 is 5.82 Å². The van der Waals surface area contributed by atoms with Crippen molar-refractivity contribution in [3.63, 3.8) is 0 Å². The highest BCUT2D eigenvalue weighted by molar-refractivity contribution is 6.31. The number of benzene rings is 1. The molecule has 0 aliphatic rings. The molecule has 0 spiro atoms. The molecular formula is C19H20ClFN4O3. The number of nitrogens with zero attached hydrogens (tertiary/aromatic N) is 4. The molecule has 0 unspecified atom stereocenters. The average Bonchev–Trinajstić information content (AvgIpc) is 3.23. The lowest BCUT2D eigenvalue weighted by Crippen LogP contribution is -2.29. The van der Waals surface area contributed by atoms with Crippen LogP contribution in [0.25, 0.3) is 0 Å². The normalized spacial score (nSPS) is 10.9. The SMILES string of the molecule is CCn1ncc(Cl)c1CN(C)C(=O)c1noc(C)c1COc1ccccc1F. The number of hydrogen-bond acceptors (Lipinski definition) is 5. The molecule has 7 nitrogen and oxygen atoms in total. The van der Waals surface area contributed by atoms with E-state index in [0.717, 1.165) is 5.69 Å². The Morgan fingerprint density at radius 2 is 2.14 bits per heavy atom. The lowest BCUT2D eigenvalue weighted by Gasteiger charge is -2.17. The maximum atomic E-state index is 13.8. The monoisotopic (exact) mass is 406 g/mol. The van der Waals surface area contributed by atoms with E-state index in [9.17, 15) is 9.18 Å². The predicted octanol–water partition coefficient (Wildman–Crippen LogP) is 3.84. The Kier molecular flexibility index (Phi) is 5.99. The minimum atomic E-state index is -0.482. The van der Waals surface area contributed by atoms with Crippen LogP contribution in [-0.4, -0.2) is 32.8 Å². The van der Waals surface area contributed by atoms with E-state index >= 15 is 0 Å². The molecule has 1 aromatic carbocycles. The molecular weight excluding hydrogens is 387 g/mol. The average molecular weight is 407 g/mol. The summed E-state index contributed by atoms with van der Waals surface area (Å²) in [5, 5.41) is 8.53. The Bertz CT molecular complexity index is 985. The van der Waals surface area contributed by atoms with Gasteiger partial charge in [0.05, 0.1) is 29.0 Å². The van der Waals surface area contributed by atoms with E-state index in [-0.39, 0.29) is 30.5 Å². The molecule has 28 heavy (non-hydrogen) atoms. The number of rotatable bonds is 7. The van der Waals surface area contributed by atoms with Crippen molar-refractivity contribution < 1.29 is 18.4 Å². The number of aryl methyl sites for hydroxylation is 2. The van der Waals surface area contributed by atoms with Crippen molar-refractivity contribution in [1.82, 2.24) is 19.8 Å². The highest BCUT2D eigenvalue weighted by Gasteiger charge is 2.25. The molecule has 0 saturated heterocycles. The van der Waals surface area contributed by atoms with Crippen LogP contribution < -0.4 is 4.74 Å². The van der Waals surface area contributed by atoms with Gasteiger partial charge in [0.15, 0.2) is 17.3 Å². The Morgan fingerprint density at radius 1 is 1.39 bits per heavy atom. The van der Waals surface area contributed by atoms with E-state index in [2.05, 4.69) is 10.3 Å². The van der Waals surface area contributed by atoms with E-state index in [1.807, 2.05) is 6.92 Å². The molecule has 0 atom stereocenters. The van der Waals surface area contributed by atoms with Gasteiger partial charge in [-0.1, -0.05) is 28.9 Å². The van der Waals surface area contributed by atoms with Crippen LogP contribution in [-0.2, 0) is 19.7 Å². The maximum Gasteiger partial charge on any atom is 0.276 e. The fourth-order valence-corrected chi connectivity index (χ4v) is 2.94. The number of carbonyl (C=O) groups is 1. The predicted molar refractivity (Wildman–Crippen MR) is 101 cm³/mol. The summed E-state index contributed by atoms with van der Waals surface area (Å²) in [4.78, 5) is 14.4. The number of halogens is 2. The number of carbonyl (C=O) groups excluding carboxylic acids is 1. The third-order valence-corrected chi connectivity index (χ3v) is 4.64. The first-order valence-corrected chi connectivity index (χ1v) is 9.08. The summed E-state index contributed by atoms with van der Waals surface area (Å²) in [6, 6.07) is 6.05. The smallest absolute Gasteiger partial charge is 0.276 e. The van der Waals surface area contributed by atoms with Crippen LogP contribution in [0.3, 0.4) is 0 Å². The summed E-state index contributed by atoms with van der Waals surface area (Å²) in [7, 11) is 1.64. The molecule has 2 aromatic heterocycles. The van der Waals surface area contributed by atoms with Gasteiger partial charge in [0.25, 0.3) is 5.91 Å². The maximum absolute atomic E-state index is 13.8. The van der Waals surface area contributed by atoms with Gasteiger partial charge in [-0.3, -0.25) is 9.48 Å². The summed E-state index contributed by atoms with van der Waals surface area (Å²) in [5.41, 5.74) is 1.31. The highest BCUT2D eigenvalue weighted by Crippen LogP contribution is 2.22. The second-order valence-corrected chi connectivity index (χ2v) is 6.61. The van der Waals surface area contributed by atoms with Gasteiger partial charge in [0.1, 0.15) is 12.4 Å². The molecule has 0 bridgehead atoms. The number of ether oxygens (including phenoxy) is 1. The molecule has 0 radical (unpaired) electrons. The molecule has 0 aliphatic heterocycles. The van der Waals surface area contributed by atoms with Crippen molar-refractivity contribution in [3.05, 3.63) is 64.0 Å². The third-order valence-electron chi connectivity index (χ3n) is 4.33.